The fourth-order valence-electron chi connectivity index (χ4n) is 3.37. The maximum absolute atomic E-state index is 12.4. The van der Waals surface area contributed by atoms with Crippen LogP contribution in [0.3, 0.4) is 0 Å². The summed E-state index contributed by atoms with van der Waals surface area (Å²) in [7, 11) is 1.56. The minimum atomic E-state index is -0.210. The summed E-state index contributed by atoms with van der Waals surface area (Å²) in [6.07, 6.45) is 0.359. The maximum atomic E-state index is 12.4. The molecule has 6 nitrogen and oxygen atoms in total. The lowest BCUT2D eigenvalue weighted by molar-refractivity contribution is -0.128. The molecule has 0 saturated carbocycles. The molecular weight excluding hydrogens is 330 g/mol. The van der Waals surface area contributed by atoms with Crippen LogP contribution in [0.2, 0.25) is 0 Å². The highest BCUT2D eigenvalue weighted by molar-refractivity contribution is 5.81. The lowest BCUT2D eigenvalue weighted by atomic mass is 10.1. The normalized spacial score (nSPS) is 17.0. The number of carbonyl (C=O) groups is 1. The first-order valence-electron chi connectivity index (χ1n) is 8.53. The smallest absolute Gasteiger partial charge is 0.258 e. The molecule has 1 aliphatic heterocycles. The van der Waals surface area contributed by atoms with Crippen LogP contribution in [0.1, 0.15) is 23.7 Å². The second-order valence-electron chi connectivity index (χ2n) is 6.50. The molecule has 6 heteroatoms. The molecule has 2 heterocycles. The molecule has 26 heavy (non-hydrogen) atoms. The monoisotopic (exact) mass is 349 g/mol. The highest BCUT2D eigenvalue weighted by atomic mass is 16.5. The average Bonchev–Trinajstić information content (AvgIpc) is 3.03. The third-order valence-corrected chi connectivity index (χ3v) is 4.75. The van der Waals surface area contributed by atoms with Gasteiger partial charge in [0, 0.05) is 25.4 Å². The largest absolute Gasteiger partial charge is 0.497 e. The van der Waals surface area contributed by atoms with Gasteiger partial charge >= 0.3 is 0 Å². The van der Waals surface area contributed by atoms with Crippen molar-refractivity contribution in [1.29, 1.82) is 0 Å². The van der Waals surface area contributed by atoms with Crippen LogP contribution < -0.4 is 10.3 Å². The van der Waals surface area contributed by atoms with E-state index >= 15 is 0 Å². The third kappa shape index (κ3) is 3.06. The lowest BCUT2D eigenvalue weighted by Crippen LogP contribution is -2.24. The van der Waals surface area contributed by atoms with E-state index in [1.807, 2.05) is 35.2 Å². The summed E-state index contributed by atoms with van der Waals surface area (Å²) in [5.41, 5.74) is 1.49. The van der Waals surface area contributed by atoms with Crippen molar-refractivity contribution in [3.63, 3.8) is 0 Å². The van der Waals surface area contributed by atoms with Gasteiger partial charge in [-0.05, 0) is 23.8 Å². The first-order chi connectivity index (χ1) is 12.6. The molecule has 0 radical (unpaired) electrons. The number of hydrogen-bond donors (Lipinski definition) is 1. The summed E-state index contributed by atoms with van der Waals surface area (Å²) in [6.45, 7) is 1.13. The van der Waals surface area contributed by atoms with E-state index < -0.39 is 0 Å². The van der Waals surface area contributed by atoms with E-state index in [4.69, 9.17) is 4.74 Å². The van der Waals surface area contributed by atoms with Crippen molar-refractivity contribution in [3.05, 3.63) is 70.3 Å². The van der Waals surface area contributed by atoms with E-state index in [2.05, 4.69) is 9.97 Å². The van der Waals surface area contributed by atoms with E-state index in [1.54, 1.807) is 25.3 Å². The Morgan fingerprint density at radius 2 is 2.00 bits per heavy atom. The van der Waals surface area contributed by atoms with Crippen LogP contribution in [0.15, 0.2) is 53.3 Å². The molecule has 1 unspecified atom stereocenters. The van der Waals surface area contributed by atoms with Gasteiger partial charge in [0.15, 0.2) is 0 Å². The highest BCUT2D eigenvalue weighted by Crippen LogP contribution is 2.27. The van der Waals surface area contributed by atoms with Gasteiger partial charge in [0.05, 0.1) is 18.0 Å². The Morgan fingerprint density at radius 1 is 1.19 bits per heavy atom. The predicted octanol–water partition coefficient (Wildman–Crippen LogP) is 2.45. The van der Waals surface area contributed by atoms with Gasteiger partial charge in [-0.3, -0.25) is 9.59 Å². The Kier molecular flexibility index (Phi) is 4.16. The Hall–Kier alpha value is -3.15. The van der Waals surface area contributed by atoms with Crippen molar-refractivity contribution in [2.75, 3.05) is 13.7 Å². The number of carbonyl (C=O) groups excluding carboxylic acids is 1. The molecule has 0 bridgehead atoms. The number of amides is 1. The number of nitrogens with zero attached hydrogens (tertiary/aromatic N) is 2. The minimum Gasteiger partial charge on any atom is -0.497 e. The maximum Gasteiger partial charge on any atom is 0.258 e. The fourth-order valence-corrected chi connectivity index (χ4v) is 3.37. The predicted molar refractivity (Wildman–Crippen MR) is 98.1 cm³/mol. The summed E-state index contributed by atoms with van der Waals surface area (Å²) in [6, 6.07) is 15.1. The first-order valence-corrected chi connectivity index (χ1v) is 8.53. The summed E-state index contributed by atoms with van der Waals surface area (Å²) in [4.78, 5) is 34.1. The van der Waals surface area contributed by atoms with Crippen LogP contribution in [0.5, 0.6) is 5.75 Å². The van der Waals surface area contributed by atoms with Gasteiger partial charge < -0.3 is 14.6 Å². The molecule has 1 fully saturated rings. The molecule has 3 aromatic rings. The molecule has 1 atom stereocenters. The third-order valence-electron chi connectivity index (χ3n) is 4.75. The first kappa shape index (κ1) is 16.3. The van der Waals surface area contributed by atoms with Gasteiger partial charge in [-0.1, -0.05) is 30.3 Å². The van der Waals surface area contributed by atoms with Gasteiger partial charge in [-0.2, -0.15) is 0 Å². The van der Waals surface area contributed by atoms with Crippen molar-refractivity contribution in [3.8, 4) is 5.75 Å². The Bertz CT molecular complexity index is 1010. The number of aromatic amines is 1. The van der Waals surface area contributed by atoms with Crippen LogP contribution in [0.25, 0.3) is 10.9 Å². The van der Waals surface area contributed by atoms with E-state index in [0.717, 1.165) is 5.56 Å². The molecule has 1 aromatic heterocycles. The zero-order chi connectivity index (χ0) is 18.1. The number of fused-ring (bicyclic) bond motifs is 1. The molecule has 4 rings (SSSR count). The Labute approximate surface area is 150 Å². The summed E-state index contributed by atoms with van der Waals surface area (Å²) < 4.78 is 5.16. The van der Waals surface area contributed by atoms with Gasteiger partial charge in [-0.15, -0.1) is 0 Å². The van der Waals surface area contributed by atoms with Crippen LogP contribution in [0, 0.1) is 0 Å². The number of aromatic nitrogens is 2. The second-order valence-corrected chi connectivity index (χ2v) is 6.50. The van der Waals surface area contributed by atoms with E-state index in [1.165, 1.54) is 0 Å². The second kappa shape index (κ2) is 6.63. The van der Waals surface area contributed by atoms with E-state index in [0.29, 0.717) is 42.0 Å². The molecular formula is C20H19N3O3. The Morgan fingerprint density at radius 3 is 2.77 bits per heavy atom. The summed E-state index contributed by atoms with van der Waals surface area (Å²) in [5, 5.41) is 0.485. The summed E-state index contributed by atoms with van der Waals surface area (Å²) >= 11 is 0. The van der Waals surface area contributed by atoms with Crippen molar-refractivity contribution in [1.82, 2.24) is 14.9 Å². The van der Waals surface area contributed by atoms with Crippen LogP contribution in [-0.4, -0.2) is 34.4 Å². The topological polar surface area (TPSA) is 75.3 Å². The molecule has 0 spiro atoms. The molecule has 1 amide bonds. The molecule has 1 saturated heterocycles. The van der Waals surface area contributed by atoms with Crippen LogP contribution in [-0.2, 0) is 11.3 Å². The molecule has 0 aliphatic carbocycles. The molecule has 1 aliphatic rings. The highest BCUT2D eigenvalue weighted by Gasteiger charge is 2.32. The average molecular weight is 349 g/mol. The zero-order valence-corrected chi connectivity index (χ0v) is 14.4. The van der Waals surface area contributed by atoms with E-state index in [-0.39, 0.29) is 17.4 Å². The number of nitrogens with one attached hydrogen (secondary N) is 1. The quantitative estimate of drug-likeness (QED) is 0.785. The lowest BCUT2D eigenvalue weighted by Gasteiger charge is -2.16. The van der Waals surface area contributed by atoms with Gasteiger partial charge in [0.1, 0.15) is 11.6 Å². The SMILES string of the molecule is COc1ccc2nc(C3CC(=O)N(Cc4ccccc4)C3)[nH]c(=O)c2c1. The van der Waals surface area contributed by atoms with Crippen molar-refractivity contribution >= 4 is 16.8 Å². The molecule has 132 valence electrons. The molecule has 2 aromatic carbocycles. The number of ether oxygens (including phenoxy) is 1. The van der Waals surface area contributed by atoms with Gasteiger partial charge in [0.2, 0.25) is 5.91 Å². The number of rotatable bonds is 4. The van der Waals surface area contributed by atoms with Crippen molar-refractivity contribution in [2.24, 2.45) is 0 Å². The van der Waals surface area contributed by atoms with Gasteiger partial charge in [0.25, 0.3) is 5.56 Å². The van der Waals surface area contributed by atoms with Gasteiger partial charge in [-0.25, -0.2) is 4.98 Å². The number of hydrogen-bond acceptors (Lipinski definition) is 4. The van der Waals surface area contributed by atoms with Crippen LogP contribution in [0.4, 0.5) is 0 Å². The number of methoxy groups -OCH3 is 1. The van der Waals surface area contributed by atoms with Crippen LogP contribution >= 0.6 is 0 Å². The zero-order valence-electron chi connectivity index (χ0n) is 14.4. The minimum absolute atomic E-state index is 0.0799. The summed E-state index contributed by atoms with van der Waals surface area (Å²) in [5.74, 6) is 1.15. The van der Waals surface area contributed by atoms with Crippen molar-refractivity contribution < 1.29 is 9.53 Å². The number of H-pyrrole nitrogens is 1. The Balaban J connectivity index is 1.60. The molecule has 1 N–H and O–H groups in total. The van der Waals surface area contributed by atoms with E-state index in [9.17, 15) is 9.59 Å². The number of benzene rings is 2. The standard InChI is InChI=1S/C20H19N3O3/c1-26-15-7-8-17-16(10-15)20(25)22-19(21-17)14-9-18(24)23(12-14)11-13-5-3-2-4-6-13/h2-8,10,14H,9,11-12H2,1H3,(H,21,22,25). The number of likely N-dealkylation sites (tertiary alicyclic amines) is 1. The fraction of sp³-hybridized carbons (Fsp3) is 0.250. The van der Waals surface area contributed by atoms with Crippen molar-refractivity contribution in [2.45, 2.75) is 18.9 Å².